The second-order valence-corrected chi connectivity index (χ2v) is 30.1. The zero-order valence-electron chi connectivity index (χ0n) is 59.9. The maximum absolute atomic E-state index is 11.7. The molecule has 4 aromatic heterocycles. The topological polar surface area (TPSA) is 100 Å². The Morgan fingerprint density at radius 1 is 0.446 bits per heavy atom. The van der Waals surface area contributed by atoms with Crippen molar-refractivity contribution in [2.24, 2.45) is 23.7 Å². The minimum Gasteiger partial charge on any atom is -0.512 e. The Kier molecular flexibility index (Phi) is 31.8. The van der Waals surface area contributed by atoms with Crippen molar-refractivity contribution in [1.29, 1.82) is 0 Å². The Morgan fingerprint density at radius 2 is 0.772 bits per heavy atom. The van der Waals surface area contributed by atoms with Crippen LogP contribution < -0.4 is 0 Å². The van der Waals surface area contributed by atoms with Crippen LogP contribution in [0.5, 0.6) is 0 Å². The molecule has 0 amide bonds. The van der Waals surface area contributed by atoms with Crippen molar-refractivity contribution in [3.05, 3.63) is 177 Å². The number of fused-ring (bicyclic) bond motifs is 2. The van der Waals surface area contributed by atoms with Crippen LogP contribution in [0.1, 0.15) is 219 Å². The van der Waals surface area contributed by atoms with Crippen LogP contribution in [0.15, 0.2) is 115 Å². The first-order valence-corrected chi connectivity index (χ1v) is 34.8. The van der Waals surface area contributed by atoms with Crippen LogP contribution in [0, 0.1) is 77.3 Å². The number of hydrogen-bond donors (Lipinski definition) is 2. The normalized spacial score (nSPS) is 12.1. The summed E-state index contributed by atoms with van der Waals surface area (Å²) in [5.41, 5.74) is 18.8. The molecule has 502 valence electrons. The number of ketones is 2. The standard InChI is InChI=1S/C29H32NS.C27H28NS.2C13H24O2.2Ir/c1-18-9-19(2)11-20(10-18)25-16-27-22(17-30-25)14-26(31-27)21-12-23(28(3,4)5)15-24(13-21)29(6,7)8;1-16-8-17(2)10-20(9-16)23-14-24-21(15-28-23)13-25(29-24)26-18(3)11-22(12-19(26)4)27(5,6)7;2*1-5-10(6-2)12(14)9-13(15)11(7-3)8-4;;/h9-10,12-17H,1-8H3;8-9,11-15H,1-7H3;2*9-11,14H,5-8H2,1-4H3;;/q2*-1;;;;. The van der Waals surface area contributed by atoms with Crippen molar-refractivity contribution in [3.63, 3.8) is 0 Å². The van der Waals surface area contributed by atoms with Gasteiger partial charge >= 0.3 is 0 Å². The molecule has 2 radical (unpaired) electrons. The van der Waals surface area contributed by atoms with E-state index in [1.54, 1.807) is 0 Å². The number of aromatic nitrogens is 2. The maximum atomic E-state index is 11.7. The van der Waals surface area contributed by atoms with E-state index in [9.17, 15) is 19.8 Å². The van der Waals surface area contributed by atoms with Gasteiger partial charge in [-0.1, -0.05) is 176 Å². The van der Waals surface area contributed by atoms with Crippen molar-refractivity contribution in [2.75, 3.05) is 0 Å². The summed E-state index contributed by atoms with van der Waals surface area (Å²) in [5.74, 6) is 1.09. The predicted octanol–water partition coefficient (Wildman–Crippen LogP) is 24.3. The van der Waals surface area contributed by atoms with E-state index in [1.165, 1.54) is 92.1 Å². The van der Waals surface area contributed by atoms with Crippen LogP contribution in [-0.4, -0.2) is 31.7 Å². The third-order valence-electron chi connectivity index (χ3n) is 17.4. The van der Waals surface area contributed by atoms with Gasteiger partial charge in [0.15, 0.2) is 11.6 Å². The molecular weight excluding hydrogens is 1530 g/mol. The number of benzene rings is 4. The van der Waals surface area contributed by atoms with Crippen LogP contribution in [0.2, 0.25) is 0 Å². The monoisotopic (exact) mass is 1630 g/mol. The van der Waals surface area contributed by atoms with Gasteiger partial charge in [-0.2, -0.15) is 0 Å². The quantitative estimate of drug-likeness (QED) is 0.0504. The van der Waals surface area contributed by atoms with E-state index < -0.39 is 0 Å². The Balaban J connectivity index is 0.000000336. The number of carbonyl (C=O) groups excluding carboxylic acids is 2. The number of carbonyl (C=O) groups is 2. The van der Waals surface area contributed by atoms with Gasteiger partial charge in [0.25, 0.3) is 0 Å². The summed E-state index contributed by atoms with van der Waals surface area (Å²) in [6.07, 6.45) is 13.8. The van der Waals surface area contributed by atoms with E-state index >= 15 is 0 Å². The fourth-order valence-electron chi connectivity index (χ4n) is 11.5. The van der Waals surface area contributed by atoms with Crippen LogP contribution in [0.25, 0.3) is 63.6 Å². The first kappa shape index (κ1) is 81.1. The summed E-state index contributed by atoms with van der Waals surface area (Å²) in [5, 5.41) is 21.9. The van der Waals surface area contributed by atoms with E-state index in [0.717, 1.165) is 85.0 Å². The van der Waals surface area contributed by atoms with Gasteiger partial charge in [0.05, 0.1) is 11.5 Å². The number of pyridine rings is 2. The number of aliphatic hydroxyl groups is 2. The van der Waals surface area contributed by atoms with Gasteiger partial charge < -0.3 is 20.2 Å². The zero-order valence-corrected chi connectivity index (χ0v) is 66.3. The molecule has 0 unspecified atom stereocenters. The molecule has 0 aliphatic carbocycles. The van der Waals surface area contributed by atoms with Gasteiger partial charge in [-0.25, -0.2) is 0 Å². The zero-order chi connectivity index (χ0) is 67.2. The molecular formula is C82H108Ir2N2O4S2-2. The SMILES string of the molecule is CCC(CC)C(=O)C=C(O)C(CC)CC.CCC(CC)C(=O)C=C(O)C(CC)CC.Cc1[c-]c(-c2cc3sc(-c4c(C)cc(C(C)(C)C)cc4C)cc3cn2)cc(C)c1.Cc1[c-]c(-c2cc3sc(-c4cc(C(C)(C)C)cc(C(C)(C)C)c4)cc3cn2)cc(C)c1.[Ir].[Ir]. The molecule has 10 heteroatoms. The van der Waals surface area contributed by atoms with E-state index in [1.807, 2.05) is 90.5 Å². The average molecular weight is 1630 g/mol. The summed E-state index contributed by atoms with van der Waals surface area (Å²) >= 11 is 3.71. The molecule has 0 atom stereocenters. The Hall–Kier alpha value is -5.18. The van der Waals surface area contributed by atoms with Gasteiger partial charge in [-0.15, -0.1) is 92.5 Å². The number of rotatable bonds is 18. The number of allylic oxidation sites excluding steroid dienone is 4. The Labute approximate surface area is 590 Å². The molecule has 92 heavy (non-hydrogen) atoms. The van der Waals surface area contributed by atoms with Crippen LogP contribution in [0.3, 0.4) is 0 Å². The average Bonchev–Trinajstić information content (AvgIpc) is 1.56. The molecule has 0 spiro atoms. The second-order valence-electron chi connectivity index (χ2n) is 28.0. The largest absolute Gasteiger partial charge is 0.512 e. The van der Waals surface area contributed by atoms with E-state index in [-0.39, 0.29) is 103 Å². The third-order valence-corrected chi connectivity index (χ3v) is 19.7. The minimum absolute atomic E-state index is 0. The number of aryl methyl sites for hydroxylation is 6. The van der Waals surface area contributed by atoms with Gasteiger partial charge in [-0.3, -0.25) is 9.59 Å². The molecule has 8 rings (SSSR count). The van der Waals surface area contributed by atoms with E-state index in [4.69, 9.17) is 9.97 Å². The molecule has 0 fully saturated rings. The Morgan fingerprint density at radius 3 is 1.10 bits per heavy atom. The van der Waals surface area contributed by atoms with Crippen molar-refractivity contribution >= 4 is 54.4 Å². The summed E-state index contributed by atoms with van der Waals surface area (Å²) in [4.78, 5) is 35.5. The molecule has 4 heterocycles. The number of thiophene rings is 2. The number of hydrogen-bond acceptors (Lipinski definition) is 8. The van der Waals surface area contributed by atoms with Crippen molar-refractivity contribution in [1.82, 2.24) is 9.97 Å². The van der Waals surface area contributed by atoms with Gasteiger partial charge in [0.2, 0.25) is 0 Å². The fraction of sp³-hybridized carbons (Fsp3) is 0.463. The molecule has 0 bridgehead atoms. The summed E-state index contributed by atoms with van der Waals surface area (Å²) in [7, 11) is 0. The molecule has 4 aromatic carbocycles. The van der Waals surface area contributed by atoms with Gasteiger partial charge in [-0.05, 0) is 156 Å². The number of nitrogens with zero attached hydrogens (tertiary/aromatic N) is 2. The summed E-state index contributed by atoms with van der Waals surface area (Å²) in [6, 6.07) is 36.3. The third kappa shape index (κ3) is 22.5. The molecule has 0 aliphatic rings. The van der Waals surface area contributed by atoms with Crippen LogP contribution in [0.4, 0.5) is 0 Å². The van der Waals surface area contributed by atoms with Gasteiger partial charge in [0, 0.05) is 118 Å². The molecule has 0 saturated carbocycles. The van der Waals surface area contributed by atoms with Crippen molar-refractivity contribution in [2.45, 2.75) is 227 Å². The van der Waals surface area contributed by atoms with Crippen LogP contribution in [-0.2, 0) is 66.0 Å². The summed E-state index contributed by atoms with van der Waals surface area (Å²) in [6.45, 7) is 49.6. The number of aliphatic hydroxyl groups excluding tert-OH is 2. The molecule has 6 nitrogen and oxygen atoms in total. The molecule has 0 saturated heterocycles. The second kappa shape index (κ2) is 36.1. The fourth-order valence-corrected chi connectivity index (χ4v) is 13.8. The van der Waals surface area contributed by atoms with E-state index in [0.29, 0.717) is 0 Å². The molecule has 0 aliphatic heterocycles. The maximum Gasteiger partial charge on any atom is 0.162 e. The summed E-state index contributed by atoms with van der Waals surface area (Å²) < 4.78 is 2.54. The van der Waals surface area contributed by atoms with Gasteiger partial charge in [0.1, 0.15) is 0 Å². The Bertz CT molecular complexity index is 3630. The molecule has 8 aromatic rings. The predicted molar refractivity (Wildman–Crippen MR) is 391 cm³/mol. The first-order valence-electron chi connectivity index (χ1n) is 33.2. The van der Waals surface area contributed by atoms with Crippen molar-refractivity contribution in [3.8, 4) is 43.4 Å². The van der Waals surface area contributed by atoms with Crippen LogP contribution >= 0.6 is 22.7 Å². The minimum atomic E-state index is 0. The first-order chi connectivity index (χ1) is 42.2. The molecule has 2 N–H and O–H groups in total. The van der Waals surface area contributed by atoms with E-state index in [2.05, 4.69) is 195 Å². The smallest absolute Gasteiger partial charge is 0.162 e. The van der Waals surface area contributed by atoms with Crippen molar-refractivity contribution < 1.29 is 60.0 Å².